The van der Waals surface area contributed by atoms with Crippen molar-refractivity contribution < 1.29 is 4.79 Å². The van der Waals surface area contributed by atoms with Crippen molar-refractivity contribution in [1.82, 2.24) is 10.3 Å². The number of hydrogen-bond donors (Lipinski definition) is 2. The molecule has 0 radical (unpaired) electrons. The van der Waals surface area contributed by atoms with Crippen LogP contribution in [0.25, 0.3) is 0 Å². The first-order valence-electron chi connectivity index (χ1n) is 7.34. The molecule has 4 nitrogen and oxygen atoms in total. The van der Waals surface area contributed by atoms with E-state index in [1.807, 2.05) is 31.2 Å². The van der Waals surface area contributed by atoms with Gasteiger partial charge in [0, 0.05) is 22.9 Å². The highest BCUT2D eigenvalue weighted by Crippen LogP contribution is 2.26. The smallest absolute Gasteiger partial charge is 0.230 e. The van der Waals surface area contributed by atoms with Crippen LogP contribution in [0.5, 0.6) is 0 Å². The third-order valence-electron chi connectivity index (χ3n) is 3.81. The van der Waals surface area contributed by atoms with Crippen LogP contribution in [-0.4, -0.2) is 24.0 Å². The summed E-state index contributed by atoms with van der Waals surface area (Å²) in [6.45, 7) is 3.64. The minimum atomic E-state index is 0.0561. The van der Waals surface area contributed by atoms with Gasteiger partial charge in [-0.15, -0.1) is 11.3 Å². The molecule has 0 saturated carbocycles. The predicted octanol–water partition coefficient (Wildman–Crippen LogP) is 3.24. The number of nitrogens with zero attached hydrogens (tertiary/aromatic N) is 1. The van der Waals surface area contributed by atoms with Crippen LogP contribution in [0.15, 0.2) is 24.3 Å². The summed E-state index contributed by atoms with van der Waals surface area (Å²) >= 11 is 7.56. The molecule has 0 bridgehead atoms. The van der Waals surface area contributed by atoms with E-state index in [1.165, 1.54) is 0 Å². The van der Waals surface area contributed by atoms with Crippen molar-refractivity contribution in [3.63, 3.8) is 0 Å². The second-order valence-corrected chi connectivity index (χ2v) is 7.03. The van der Waals surface area contributed by atoms with Gasteiger partial charge >= 0.3 is 0 Å². The van der Waals surface area contributed by atoms with E-state index in [1.54, 1.807) is 11.3 Å². The van der Waals surface area contributed by atoms with E-state index in [0.29, 0.717) is 5.13 Å². The average Bonchev–Trinajstić information content (AvgIpc) is 3.10. The molecule has 2 heterocycles. The van der Waals surface area contributed by atoms with E-state index >= 15 is 0 Å². The maximum absolute atomic E-state index is 12.1. The lowest BCUT2D eigenvalue weighted by atomic mass is 10.1. The number of nitrogens with one attached hydrogen (secondary N) is 2. The Balaban J connectivity index is 1.69. The monoisotopic (exact) mass is 335 g/mol. The van der Waals surface area contributed by atoms with Crippen molar-refractivity contribution in [3.8, 4) is 0 Å². The number of carbonyl (C=O) groups is 1. The fourth-order valence-corrected chi connectivity index (χ4v) is 3.78. The topological polar surface area (TPSA) is 54.0 Å². The van der Waals surface area contributed by atoms with Crippen LogP contribution in [-0.2, 0) is 11.2 Å². The van der Waals surface area contributed by atoms with Crippen LogP contribution in [0.2, 0.25) is 5.02 Å². The molecule has 1 aromatic carbocycles. The number of benzene rings is 1. The molecule has 1 aromatic heterocycles. The zero-order valence-electron chi connectivity index (χ0n) is 12.4. The fraction of sp³-hybridized carbons (Fsp3) is 0.375. The number of carbonyl (C=O) groups excluding carboxylic acids is 1. The third kappa shape index (κ3) is 3.66. The van der Waals surface area contributed by atoms with Gasteiger partial charge in [0.05, 0.1) is 11.6 Å². The highest BCUT2D eigenvalue weighted by molar-refractivity contribution is 7.15. The highest BCUT2D eigenvalue weighted by Gasteiger charge is 2.23. The Morgan fingerprint density at radius 1 is 1.55 bits per heavy atom. The molecule has 22 heavy (non-hydrogen) atoms. The van der Waals surface area contributed by atoms with Gasteiger partial charge in [-0.05, 0) is 37.6 Å². The molecule has 3 rings (SSSR count). The van der Waals surface area contributed by atoms with Gasteiger partial charge in [-0.3, -0.25) is 4.79 Å². The summed E-state index contributed by atoms with van der Waals surface area (Å²) < 4.78 is 0. The summed E-state index contributed by atoms with van der Waals surface area (Å²) in [6, 6.07) is 7.83. The van der Waals surface area contributed by atoms with Gasteiger partial charge in [0.25, 0.3) is 0 Å². The molecule has 0 aliphatic carbocycles. The number of hydrogen-bond acceptors (Lipinski definition) is 4. The maximum Gasteiger partial charge on any atom is 0.230 e. The van der Waals surface area contributed by atoms with E-state index in [-0.39, 0.29) is 11.8 Å². The summed E-state index contributed by atoms with van der Waals surface area (Å²) in [6.07, 6.45) is 1.68. The van der Waals surface area contributed by atoms with Gasteiger partial charge in [0.1, 0.15) is 0 Å². The van der Waals surface area contributed by atoms with Crippen LogP contribution in [0.1, 0.15) is 22.6 Å². The van der Waals surface area contributed by atoms with Crippen molar-refractivity contribution in [2.75, 3.05) is 18.4 Å². The number of aromatic nitrogens is 1. The largest absolute Gasteiger partial charge is 0.316 e. The highest BCUT2D eigenvalue weighted by atomic mass is 35.5. The fourth-order valence-electron chi connectivity index (χ4n) is 2.56. The zero-order valence-corrected chi connectivity index (χ0v) is 13.9. The lowest BCUT2D eigenvalue weighted by Gasteiger charge is -2.06. The number of rotatable bonds is 4. The van der Waals surface area contributed by atoms with Crippen LogP contribution < -0.4 is 10.6 Å². The number of halogens is 1. The molecular weight excluding hydrogens is 318 g/mol. The van der Waals surface area contributed by atoms with E-state index in [2.05, 4.69) is 15.6 Å². The Hall–Kier alpha value is -1.43. The van der Waals surface area contributed by atoms with Crippen molar-refractivity contribution in [3.05, 3.63) is 45.4 Å². The van der Waals surface area contributed by atoms with Gasteiger partial charge in [-0.2, -0.15) is 0 Å². The Labute approximate surface area is 138 Å². The van der Waals surface area contributed by atoms with Gasteiger partial charge < -0.3 is 10.6 Å². The second kappa shape index (κ2) is 6.77. The zero-order chi connectivity index (χ0) is 15.5. The number of aryl methyl sites for hydroxylation is 1. The number of amides is 1. The first-order valence-corrected chi connectivity index (χ1v) is 8.53. The molecule has 6 heteroatoms. The molecule has 2 N–H and O–H groups in total. The summed E-state index contributed by atoms with van der Waals surface area (Å²) in [7, 11) is 0. The van der Waals surface area contributed by atoms with Crippen molar-refractivity contribution in [1.29, 1.82) is 0 Å². The van der Waals surface area contributed by atoms with Crippen LogP contribution >= 0.6 is 22.9 Å². The van der Waals surface area contributed by atoms with E-state index in [9.17, 15) is 4.79 Å². The SMILES string of the molecule is Cc1nc(NC(=O)C2CCNC2)sc1Cc1cccc(Cl)c1. The molecule has 1 amide bonds. The Bertz CT molecular complexity index is 680. The van der Waals surface area contributed by atoms with Crippen LogP contribution in [0.3, 0.4) is 0 Å². The summed E-state index contributed by atoms with van der Waals surface area (Å²) in [5.74, 6) is 0.119. The van der Waals surface area contributed by atoms with Crippen LogP contribution in [0.4, 0.5) is 5.13 Å². The quantitative estimate of drug-likeness (QED) is 0.901. The molecule has 1 atom stereocenters. The average molecular weight is 336 g/mol. The Morgan fingerprint density at radius 2 is 2.41 bits per heavy atom. The molecular formula is C16H18ClN3OS. The molecule has 1 fully saturated rings. The molecule has 1 aliphatic heterocycles. The van der Waals surface area contributed by atoms with Gasteiger partial charge in [0.2, 0.25) is 5.91 Å². The van der Waals surface area contributed by atoms with E-state index < -0.39 is 0 Å². The molecule has 1 unspecified atom stereocenters. The first-order chi connectivity index (χ1) is 10.6. The van der Waals surface area contributed by atoms with Crippen molar-refractivity contribution in [2.45, 2.75) is 19.8 Å². The van der Waals surface area contributed by atoms with E-state index in [4.69, 9.17) is 11.6 Å². The minimum Gasteiger partial charge on any atom is -0.316 e. The third-order valence-corrected chi connectivity index (χ3v) is 5.12. The standard InChI is InChI=1S/C16H18ClN3OS/c1-10-14(8-11-3-2-4-13(17)7-11)22-16(19-10)20-15(21)12-5-6-18-9-12/h2-4,7,12,18H,5-6,8-9H2,1H3,(H,19,20,21). The first kappa shape index (κ1) is 15.5. The predicted molar refractivity (Wildman–Crippen MR) is 90.7 cm³/mol. The van der Waals surface area contributed by atoms with E-state index in [0.717, 1.165) is 47.1 Å². The van der Waals surface area contributed by atoms with Gasteiger partial charge in [-0.1, -0.05) is 23.7 Å². The minimum absolute atomic E-state index is 0.0561. The van der Waals surface area contributed by atoms with Crippen molar-refractivity contribution in [2.24, 2.45) is 5.92 Å². The van der Waals surface area contributed by atoms with Crippen molar-refractivity contribution >= 4 is 34.0 Å². The Kier molecular flexibility index (Phi) is 4.76. The second-order valence-electron chi connectivity index (χ2n) is 5.51. The molecule has 1 saturated heterocycles. The molecule has 116 valence electrons. The van der Waals surface area contributed by atoms with Gasteiger partial charge in [-0.25, -0.2) is 4.98 Å². The number of anilines is 1. The summed E-state index contributed by atoms with van der Waals surface area (Å²) in [5.41, 5.74) is 2.11. The maximum atomic E-state index is 12.1. The van der Waals surface area contributed by atoms with Crippen LogP contribution in [0, 0.1) is 12.8 Å². The Morgan fingerprint density at radius 3 is 3.14 bits per heavy atom. The summed E-state index contributed by atoms with van der Waals surface area (Å²) in [5, 5.41) is 7.57. The lowest BCUT2D eigenvalue weighted by Crippen LogP contribution is -2.24. The molecule has 0 spiro atoms. The molecule has 1 aliphatic rings. The lowest BCUT2D eigenvalue weighted by molar-refractivity contribution is -0.119. The summed E-state index contributed by atoms with van der Waals surface area (Å²) in [4.78, 5) is 17.8. The normalized spacial score (nSPS) is 17.6. The molecule has 2 aromatic rings. The number of thiazole rings is 1. The van der Waals surface area contributed by atoms with Gasteiger partial charge in [0.15, 0.2) is 5.13 Å².